The Labute approximate surface area is 161 Å². The van der Waals surface area contributed by atoms with Crippen molar-refractivity contribution in [3.63, 3.8) is 0 Å². The van der Waals surface area contributed by atoms with E-state index in [-0.39, 0.29) is 23.5 Å². The van der Waals surface area contributed by atoms with Crippen LogP contribution in [0.15, 0.2) is 23.1 Å². The Morgan fingerprint density at radius 3 is 2.70 bits per heavy atom. The van der Waals surface area contributed by atoms with Gasteiger partial charge in [-0.1, -0.05) is 6.42 Å². The molecule has 0 radical (unpaired) electrons. The summed E-state index contributed by atoms with van der Waals surface area (Å²) in [6.07, 6.45) is 4.97. The zero-order chi connectivity index (χ0) is 19.3. The quantitative estimate of drug-likeness (QED) is 0.760. The summed E-state index contributed by atoms with van der Waals surface area (Å²) < 4.78 is 38.0. The van der Waals surface area contributed by atoms with Gasteiger partial charge in [-0.15, -0.1) is 0 Å². The van der Waals surface area contributed by atoms with E-state index in [1.165, 1.54) is 0 Å². The average molecular weight is 397 g/mol. The van der Waals surface area contributed by atoms with Crippen LogP contribution in [0.1, 0.15) is 37.7 Å². The summed E-state index contributed by atoms with van der Waals surface area (Å²) in [4.78, 5) is 12.2. The zero-order valence-corrected chi connectivity index (χ0v) is 16.6. The Hall–Kier alpha value is -1.64. The van der Waals surface area contributed by atoms with Crippen LogP contribution >= 0.6 is 0 Å². The molecule has 1 N–H and O–H groups in total. The number of piperidine rings is 1. The molecule has 7 nitrogen and oxygen atoms in total. The highest BCUT2D eigenvalue weighted by molar-refractivity contribution is 7.89. The number of hydrogen-bond acceptors (Lipinski definition) is 5. The molecule has 1 atom stereocenters. The summed E-state index contributed by atoms with van der Waals surface area (Å²) in [5, 5.41) is 2.80. The minimum Gasteiger partial charge on any atom is -0.484 e. The topological polar surface area (TPSA) is 84.9 Å². The predicted octanol–water partition coefficient (Wildman–Crippen LogP) is 1.84. The minimum atomic E-state index is -3.47. The fourth-order valence-corrected chi connectivity index (χ4v) is 5.03. The second-order valence-electron chi connectivity index (χ2n) is 7.12. The van der Waals surface area contributed by atoms with E-state index >= 15 is 0 Å². The first kappa shape index (κ1) is 20.1. The number of benzene rings is 1. The molecule has 8 heteroatoms. The Morgan fingerprint density at radius 2 is 2.04 bits per heavy atom. The van der Waals surface area contributed by atoms with Crippen LogP contribution in [0.25, 0.3) is 0 Å². The van der Waals surface area contributed by atoms with Crippen LogP contribution in [0, 0.1) is 6.92 Å². The Balaban J connectivity index is 1.55. The SMILES string of the molecule is Cc1cc(S(=O)(=O)N2CCCCC2)ccc1OCC(=O)NC[C@@H]1CCCO1. The maximum absolute atomic E-state index is 12.7. The van der Waals surface area contributed by atoms with Crippen LogP contribution < -0.4 is 10.1 Å². The van der Waals surface area contributed by atoms with E-state index in [2.05, 4.69) is 5.32 Å². The summed E-state index contributed by atoms with van der Waals surface area (Å²) in [5.74, 6) is 0.301. The van der Waals surface area contributed by atoms with Gasteiger partial charge in [0, 0.05) is 26.2 Å². The number of aryl methyl sites for hydroxylation is 1. The summed E-state index contributed by atoms with van der Waals surface area (Å²) in [6.45, 7) is 4.08. The largest absolute Gasteiger partial charge is 0.484 e. The number of rotatable bonds is 7. The lowest BCUT2D eigenvalue weighted by Gasteiger charge is -2.26. The molecule has 0 aromatic heterocycles. The molecule has 2 aliphatic rings. The van der Waals surface area contributed by atoms with Gasteiger partial charge in [0.25, 0.3) is 5.91 Å². The third-order valence-electron chi connectivity index (χ3n) is 5.01. The first-order valence-electron chi connectivity index (χ1n) is 9.59. The van der Waals surface area contributed by atoms with Crippen molar-refractivity contribution in [3.8, 4) is 5.75 Å². The Bertz CT molecular complexity index is 753. The summed E-state index contributed by atoms with van der Waals surface area (Å²) in [7, 11) is -3.47. The van der Waals surface area contributed by atoms with Gasteiger partial charge in [-0.25, -0.2) is 8.42 Å². The maximum atomic E-state index is 12.7. The minimum absolute atomic E-state index is 0.0926. The monoisotopic (exact) mass is 396 g/mol. The molecule has 0 aliphatic carbocycles. The number of amides is 1. The zero-order valence-electron chi connectivity index (χ0n) is 15.8. The standard InChI is InChI=1S/C19H28N2O5S/c1-15-12-17(27(23,24)21-9-3-2-4-10-21)7-8-18(15)26-14-19(22)20-13-16-6-5-11-25-16/h7-8,12,16H,2-6,9-11,13-14H2,1H3,(H,20,22)/t16-/m0/s1. The van der Waals surface area contributed by atoms with Gasteiger partial charge in [-0.2, -0.15) is 4.31 Å². The van der Waals surface area contributed by atoms with E-state index in [4.69, 9.17) is 9.47 Å². The van der Waals surface area contributed by atoms with Crippen molar-refractivity contribution < 1.29 is 22.7 Å². The van der Waals surface area contributed by atoms with Gasteiger partial charge in [0.15, 0.2) is 6.61 Å². The molecule has 1 aromatic rings. The van der Waals surface area contributed by atoms with Crippen molar-refractivity contribution in [2.24, 2.45) is 0 Å². The van der Waals surface area contributed by atoms with Gasteiger partial charge < -0.3 is 14.8 Å². The lowest BCUT2D eigenvalue weighted by molar-refractivity contribution is -0.123. The highest BCUT2D eigenvalue weighted by atomic mass is 32.2. The summed E-state index contributed by atoms with van der Waals surface area (Å²) in [5.41, 5.74) is 0.694. The molecule has 0 bridgehead atoms. The molecular weight excluding hydrogens is 368 g/mol. The van der Waals surface area contributed by atoms with Gasteiger partial charge >= 0.3 is 0 Å². The number of carbonyl (C=O) groups excluding carboxylic acids is 1. The second kappa shape index (κ2) is 9.03. The van der Waals surface area contributed by atoms with Gasteiger partial charge in [0.05, 0.1) is 11.0 Å². The molecule has 2 heterocycles. The highest BCUT2D eigenvalue weighted by Gasteiger charge is 2.26. The maximum Gasteiger partial charge on any atom is 0.258 e. The van der Waals surface area contributed by atoms with Crippen molar-refractivity contribution in [1.29, 1.82) is 0 Å². The van der Waals surface area contributed by atoms with Gasteiger partial charge in [0.2, 0.25) is 10.0 Å². The Kier molecular flexibility index (Phi) is 6.73. The molecule has 2 saturated heterocycles. The number of nitrogens with one attached hydrogen (secondary N) is 1. The van der Waals surface area contributed by atoms with E-state index in [1.807, 2.05) is 0 Å². The van der Waals surface area contributed by atoms with Crippen molar-refractivity contribution in [2.75, 3.05) is 32.8 Å². The lowest BCUT2D eigenvalue weighted by Crippen LogP contribution is -2.35. The fourth-order valence-electron chi connectivity index (χ4n) is 3.43. The lowest BCUT2D eigenvalue weighted by atomic mass is 10.2. The third-order valence-corrected chi connectivity index (χ3v) is 6.90. The number of hydrogen-bond donors (Lipinski definition) is 1. The second-order valence-corrected chi connectivity index (χ2v) is 9.06. The van der Waals surface area contributed by atoms with Crippen LogP contribution in [-0.4, -0.2) is 57.6 Å². The molecule has 1 amide bonds. The fraction of sp³-hybridized carbons (Fsp3) is 0.632. The third kappa shape index (κ3) is 5.21. The molecule has 150 valence electrons. The van der Waals surface area contributed by atoms with Crippen LogP contribution in [0.2, 0.25) is 0 Å². The van der Waals surface area contributed by atoms with E-state index in [1.54, 1.807) is 29.4 Å². The highest BCUT2D eigenvalue weighted by Crippen LogP contribution is 2.25. The average Bonchev–Trinajstić information content (AvgIpc) is 3.19. The molecule has 0 saturated carbocycles. The van der Waals surface area contributed by atoms with E-state index in [0.29, 0.717) is 30.9 Å². The van der Waals surface area contributed by atoms with Gasteiger partial charge in [0.1, 0.15) is 5.75 Å². The number of nitrogens with zero attached hydrogens (tertiary/aromatic N) is 1. The van der Waals surface area contributed by atoms with Crippen molar-refractivity contribution in [2.45, 2.75) is 50.0 Å². The van der Waals surface area contributed by atoms with Crippen molar-refractivity contribution >= 4 is 15.9 Å². The molecule has 3 rings (SSSR count). The Morgan fingerprint density at radius 1 is 1.26 bits per heavy atom. The van der Waals surface area contributed by atoms with E-state index < -0.39 is 10.0 Å². The molecule has 2 fully saturated rings. The number of ether oxygens (including phenoxy) is 2. The molecule has 27 heavy (non-hydrogen) atoms. The van der Waals surface area contributed by atoms with Crippen LogP contribution in [0.3, 0.4) is 0 Å². The van der Waals surface area contributed by atoms with Crippen LogP contribution in [0.4, 0.5) is 0 Å². The van der Waals surface area contributed by atoms with E-state index in [9.17, 15) is 13.2 Å². The van der Waals surface area contributed by atoms with E-state index in [0.717, 1.165) is 38.7 Å². The molecular formula is C19H28N2O5S. The smallest absolute Gasteiger partial charge is 0.258 e. The number of sulfonamides is 1. The van der Waals surface area contributed by atoms with Crippen molar-refractivity contribution in [1.82, 2.24) is 9.62 Å². The molecule has 1 aromatic carbocycles. The molecule has 0 spiro atoms. The number of carbonyl (C=O) groups is 1. The predicted molar refractivity (Wildman–Crippen MR) is 101 cm³/mol. The summed E-state index contributed by atoms with van der Waals surface area (Å²) >= 11 is 0. The normalized spacial score (nSPS) is 21.1. The van der Waals surface area contributed by atoms with Crippen molar-refractivity contribution in [3.05, 3.63) is 23.8 Å². The van der Waals surface area contributed by atoms with Crippen LogP contribution in [0.5, 0.6) is 5.75 Å². The molecule has 2 aliphatic heterocycles. The van der Waals surface area contributed by atoms with Crippen LogP contribution in [-0.2, 0) is 19.6 Å². The molecule has 0 unspecified atom stereocenters. The first-order chi connectivity index (χ1) is 13.0. The first-order valence-corrected chi connectivity index (χ1v) is 11.0. The summed E-state index contributed by atoms with van der Waals surface area (Å²) in [6, 6.07) is 4.79. The van der Waals surface area contributed by atoms with Gasteiger partial charge in [-0.3, -0.25) is 4.79 Å². The van der Waals surface area contributed by atoms with Gasteiger partial charge in [-0.05, 0) is 56.4 Å².